The predicted molar refractivity (Wildman–Crippen MR) is 73.8 cm³/mol. The number of H-pyrrole nitrogens is 1. The first-order chi connectivity index (χ1) is 9.24. The maximum absolute atomic E-state index is 5.54. The third-order valence-electron chi connectivity index (χ3n) is 3.20. The van der Waals surface area contributed by atoms with Crippen LogP contribution < -0.4 is 5.73 Å². The molecule has 1 aromatic carbocycles. The predicted octanol–water partition coefficient (Wildman–Crippen LogP) is 1.61. The molecule has 0 saturated heterocycles. The molecule has 0 radical (unpaired) electrons. The van der Waals surface area contributed by atoms with E-state index in [1.807, 2.05) is 10.7 Å². The van der Waals surface area contributed by atoms with E-state index in [2.05, 4.69) is 46.3 Å². The number of hydrogen-bond acceptors (Lipinski definition) is 3. The summed E-state index contributed by atoms with van der Waals surface area (Å²) in [4.78, 5) is 8.77. The standard InChI is InChI=1S/C14H17N5/c1-10-2-4-11(5-3-10)6-7-13-17-14-16-12(8-15)9-19(14)18-13/h2-5,9H,6-8,15H2,1H3,(H,16,17,18). The van der Waals surface area contributed by atoms with Crippen LogP contribution in [0.4, 0.5) is 0 Å². The van der Waals surface area contributed by atoms with Gasteiger partial charge in [-0.2, -0.15) is 4.98 Å². The number of aryl methyl sites for hydroxylation is 3. The quantitative estimate of drug-likeness (QED) is 0.744. The largest absolute Gasteiger partial charge is 0.325 e. The number of benzene rings is 1. The first-order valence-corrected chi connectivity index (χ1v) is 6.43. The van der Waals surface area contributed by atoms with Gasteiger partial charge in [0.2, 0.25) is 0 Å². The van der Waals surface area contributed by atoms with Crippen molar-refractivity contribution < 1.29 is 0 Å². The van der Waals surface area contributed by atoms with Crippen LogP contribution in [0.1, 0.15) is 22.6 Å². The van der Waals surface area contributed by atoms with Gasteiger partial charge in [0.15, 0.2) is 0 Å². The molecule has 0 fully saturated rings. The topological polar surface area (TPSA) is 72.0 Å². The summed E-state index contributed by atoms with van der Waals surface area (Å²) in [6, 6.07) is 8.60. The Kier molecular flexibility index (Phi) is 3.05. The van der Waals surface area contributed by atoms with Crippen LogP contribution >= 0.6 is 0 Å². The van der Waals surface area contributed by atoms with Crippen molar-refractivity contribution in [2.75, 3.05) is 0 Å². The van der Waals surface area contributed by atoms with E-state index in [9.17, 15) is 0 Å². The molecular formula is C14H17N5. The van der Waals surface area contributed by atoms with Crippen molar-refractivity contribution in [3.8, 4) is 0 Å². The molecular weight excluding hydrogens is 238 g/mol. The summed E-state index contributed by atoms with van der Waals surface area (Å²) in [6.07, 6.45) is 3.74. The summed E-state index contributed by atoms with van der Waals surface area (Å²) in [5.74, 6) is 1.64. The number of aromatic amines is 1. The molecule has 0 aliphatic carbocycles. The van der Waals surface area contributed by atoms with Crippen molar-refractivity contribution in [2.45, 2.75) is 26.3 Å². The molecule has 0 aliphatic heterocycles. The second-order valence-corrected chi connectivity index (χ2v) is 4.76. The van der Waals surface area contributed by atoms with E-state index in [4.69, 9.17) is 5.73 Å². The summed E-state index contributed by atoms with van der Waals surface area (Å²) in [6.45, 7) is 2.54. The molecule has 0 unspecified atom stereocenters. The normalized spacial score (nSPS) is 11.3. The van der Waals surface area contributed by atoms with Crippen LogP contribution in [0.3, 0.4) is 0 Å². The minimum atomic E-state index is 0.440. The van der Waals surface area contributed by atoms with E-state index >= 15 is 0 Å². The molecule has 3 aromatic rings. The number of fused-ring (bicyclic) bond motifs is 1. The lowest BCUT2D eigenvalue weighted by atomic mass is 10.1. The first-order valence-electron chi connectivity index (χ1n) is 6.43. The first kappa shape index (κ1) is 11.9. The number of nitrogens with one attached hydrogen (secondary N) is 1. The Morgan fingerprint density at radius 3 is 2.63 bits per heavy atom. The Morgan fingerprint density at radius 1 is 1.16 bits per heavy atom. The molecule has 98 valence electrons. The molecule has 0 bridgehead atoms. The van der Waals surface area contributed by atoms with Gasteiger partial charge in [-0.25, -0.2) is 9.50 Å². The van der Waals surface area contributed by atoms with Gasteiger partial charge in [0.25, 0.3) is 5.78 Å². The minimum absolute atomic E-state index is 0.440. The van der Waals surface area contributed by atoms with E-state index in [0.29, 0.717) is 12.3 Å². The summed E-state index contributed by atoms with van der Waals surface area (Å²) in [7, 11) is 0. The highest BCUT2D eigenvalue weighted by Crippen LogP contribution is 2.08. The third-order valence-corrected chi connectivity index (χ3v) is 3.20. The van der Waals surface area contributed by atoms with E-state index < -0.39 is 0 Å². The summed E-state index contributed by atoms with van der Waals surface area (Å²) < 4.78 is 1.83. The van der Waals surface area contributed by atoms with Crippen LogP contribution in [0.15, 0.2) is 30.5 Å². The molecule has 5 nitrogen and oxygen atoms in total. The number of hydrogen-bond donors (Lipinski definition) is 2. The monoisotopic (exact) mass is 255 g/mol. The van der Waals surface area contributed by atoms with E-state index in [1.165, 1.54) is 11.1 Å². The number of nitrogens with zero attached hydrogens (tertiary/aromatic N) is 3. The zero-order chi connectivity index (χ0) is 13.2. The second kappa shape index (κ2) is 4.85. The lowest BCUT2D eigenvalue weighted by Gasteiger charge is -1.99. The van der Waals surface area contributed by atoms with Crippen molar-refractivity contribution in [1.82, 2.24) is 19.6 Å². The Bertz CT molecular complexity index is 646. The molecule has 19 heavy (non-hydrogen) atoms. The van der Waals surface area contributed by atoms with Crippen LogP contribution in [0.25, 0.3) is 5.78 Å². The van der Waals surface area contributed by atoms with Crippen LogP contribution in [0.2, 0.25) is 0 Å². The van der Waals surface area contributed by atoms with Gasteiger partial charge < -0.3 is 5.73 Å². The smallest absolute Gasteiger partial charge is 0.250 e. The maximum Gasteiger partial charge on any atom is 0.250 e. The van der Waals surface area contributed by atoms with Gasteiger partial charge in [-0.1, -0.05) is 29.8 Å². The number of imidazole rings is 1. The van der Waals surface area contributed by atoms with Gasteiger partial charge in [-0.3, -0.25) is 5.10 Å². The maximum atomic E-state index is 5.54. The molecule has 0 spiro atoms. The lowest BCUT2D eigenvalue weighted by molar-refractivity contribution is 0.834. The molecule has 3 N–H and O–H groups in total. The molecule has 2 aromatic heterocycles. The summed E-state index contributed by atoms with van der Waals surface area (Å²) >= 11 is 0. The highest BCUT2D eigenvalue weighted by Gasteiger charge is 2.06. The van der Waals surface area contributed by atoms with E-state index in [1.54, 1.807) is 0 Å². The number of aromatic nitrogens is 4. The van der Waals surface area contributed by atoms with Crippen molar-refractivity contribution in [1.29, 1.82) is 0 Å². The Hall–Kier alpha value is -2.14. The number of rotatable bonds is 4. The van der Waals surface area contributed by atoms with E-state index in [-0.39, 0.29) is 0 Å². The fourth-order valence-electron chi connectivity index (χ4n) is 2.09. The molecule has 3 rings (SSSR count). The zero-order valence-electron chi connectivity index (χ0n) is 10.9. The Labute approximate surface area is 111 Å². The van der Waals surface area contributed by atoms with E-state index in [0.717, 1.165) is 24.4 Å². The number of nitrogens with two attached hydrogens (primary N) is 1. The lowest BCUT2D eigenvalue weighted by Crippen LogP contribution is -1.97. The van der Waals surface area contributed by atoms with Crippen molar-refractivity contribution in [3.63, 3.8) is 0 Å². The van der Waals surface area contributed by atoms with Gasteiger partial charge in [0.05, 0.1) is 11.9 Å². The van der Waals surface area contributed by atoms with Gasteiger partial charge in [-0.05, 0) is 18.9 Å². The fraction of sp³-hybridized carbons (Fsp3) is 0.286. The van der Waals surface area contributed by atoms with Crippen molar-refractivity contribution in [3.05, 3.63) is 53.1 Å². The Balaban J connectivity index is 1.71. The van der Waals surface area contributed by atoms with Crippen molar-refractivity contribution >= 4 is 5.78 Å². The average molecular weight is 255 g/mol. The molecule has 0 aliphatic rings. The van der Waals surface area contributed by atoms with Crippen LogP contribution in [-0.2, 0) is 19.4 Å². The highest BCUT2D eigenvalue weighted by atomic mass is 15.3. The summed E-state index contributed by atoms with van der Waals surface area (Å²) in [5.41, 5.74) is 9.00. The van der Waals surface area contributed by atoms with Crippen LogP contribution in [0, 0.1) is 6.92 Å². The zero-order valence-corrected chi connectivity index (χ0v) is 10.9. The summed E-state index contributed by atoms with van der Waals surface area (Å²) in [5, 5.41) is 3.22. The second-order valence-electron chi connectivity index (χ2n) is 4.76. The fourth-order valence-corrected chi connectivity index (χ4v) is 2.09. The average Bonchev–Trinajstić information content (AvgIpc) is 2.95. The third kappa shape index (κ3) is 2.51. The van der Waals surface area contributed by atoms with Gasteiger partial charge in [0.1, 0.15) is 5.82 Å². The molecule has 0 saturated carbocycles. The molecule has 0 atom stereocenters. The molecule has 5 heteroatoms. The van der Waals surface area contributed by atoms with Crippen molar-refractivity contribution in [2.24, 2.45) is 5.73 Å². The minimum Gasteiger partial charge on any atom is -0.325 e. The van der Waals surface area contributed by atoms with Crippen LogP contribution in [-0.4, -0.2) is 19.6 Å². The highest BCUT2D eigenvalue weighted by molar-refractivity contribution is 5.30. The SMILES string of the molecule is Cc1ccc(CCc2nc3nc(CN)cn3[nH]2)cc1. The van der Waals surface area contributed by atoms with Crippen LogP contribution in [0.5, 0.6) is 0 Å². The van der Waals surface area contributed by atoms with Gasteiger partial charge in [-0.15, -0.1) is 0 Å². The molecule has 2 heterocycles. The van der Waals surface area contributed by atoms with Gasteiger partial charge in [0, 0.05) is 13.0 Å². The van der Waals surface area contributed by atoms with Gasteiger partial charge >= 0.3 is 0 Å². The Morgan fingerprint density at radius 2 is 1.95 bits per heavy atom. The molecule has 0 amide bonds.